The van der Waals surface area contributed by atoms with Gasteiger partial charge >= 0.3 is 0 Å². The van der Waals surface area contributed by atoms with E-state index in [2.05, 4.69) is 6.92 Å². The highest BCUT2D eigenvalue weighted by molar-refractivity contribution is 5.02. The highest BCUT2D eigenvalue weighted by Gasteiger charge is 2.52. The number of rotatable bonds is 9. The van der Waals surface area contributed by atoms with E-state index in [1.807, 2.05) is 27.7 Å². The lowest BCUT2D eigenvalue weighted by molar-refractivity contribution is -0.0320. The molecule has 3 nitrogen and oxygen atoms in total. The predicted molar refractivity (Wildman–Crippen MR) is 108 cm³/mol. The van der Waals surface area contributed by atoms with E-state index < -0.39 is 11.2 Å². The van der Waals surface area contributed by atoms with Crippen LogP contribution in [0.25, 0.3) is 0 Å². The van der Waals surface area contributed by atoms with Gasteiger partial charge in [-0.2, -0.15) is 0 Å². The van der Waals surface area contributed by atoms with Gasteiger partial charge in [0.1, 0.15) is 0 Å². The van der Waals surface area contributed by atoms with Crippen molar-refractivity contribution in [3.63, 3.8) is 0 Å². The van der Waals surface area contributed by atoms with E-state index in [-0.39, 0.29) is 11.5 Å². The third kappa shape index (κ3) is 5.94. The molecule has 2 saturated carbocycles. The Hall–Kier alpha value is -0.120. The first-order valence-electron chi connectivity index (χ1n) is 11.1. The molecule has 0 aliphatic heterocycles. The van der Waals surface area contributed by atoms with Gasteiger partial charge in [-0.05, 0) is 89.4 Å². The summed E-state index contributed by atoms with van der Waals surface area (Å²) in [6.45, 7) is 10.1. The van der Waals surface area contributed by atoms with Gasteiger partial charge in [0.25, 0.3) is 0 Å². The number of aliphatic hydroxyl groups is 3. The number of hydrogen-bond donors (Lipinski definition) is 3. The molecule has 4 atom stereocenters. The van der Waals surface area contributed by atoms with E-state index in [0.29, 0.717) is 17.8 Å². The minimum absolute atomic E-state index is 0.104. The summed E-state index contributed by atoms with van der Waals surface area (Å²) in [6, 6.07) is 0. The Kier molecular flexibility index (Phi) is 7.24. The van der Waals surface area contributed by atoms with Crippen molar-refractivity contribution in [3.05, 3.63) is 0 Å². The Labute approximate surface area is 161 Å². The second kappa shape index (κ2) is 8.49. The Morgan fingerprint density at radius 2 is 1.46 bits per heavy atom. The fourth-order valence-corrected chi connectivity index (χ4v) is 6.10. The molecule has 0 aromatic carbocycles. The first kappa shape index (κ1) is 22.2. The molecule has 0 spiro atoms. The normalized spacial score (nSPS) is 32.9. The van der Waals surface area contributed by atoms with Crippen molar-refractivity contribution in [2.75, 3.05) is 0 Å². The lowest BCUT2D eigenvalue weighted by Gasteiger charge is -2.46. The van der Waals surface area contributed by atoms with Crippen molar-refractivity contribution in [1.29, 1.82) is 0 Å². The zero-order chi connectivity index (χ0) is 19.6. The Bertz CT molecular complexity index is 414. The van der Waals surface area contributed by atoms with Gasteiger partial charge in [-0.3, -0.25) is 0 Å². The molecule has 0 heterocycles. The van der Waals surface area contributed by atoms with Crippen molar-refractivity contribution in [2.24, 2.45) is 23.2 Å². The van der Waals surface area contributed by atoms with Crippen molar-refractivity contribution in [3.8, 4) is 0 Å². The molecular formula is C23H44O3. The van der Waals surface area contributed by atoms with Crippen LogP contribution in [-0.2, 0) is 0 Å². The van der Waals surface area contributed by atoms with Gasteiger partial charge in [0.05, 0.1) is 17.3 Å². The number of fused-ring (bicyclic) bond motifs is 1. The topological polar surface area (TPSA) is 60.7 Å². The zero-order valence-electron chi connectivity index (χ0n) is 17.9. The standard InChI is InChI=1S/C23H44O3/c1-21(2,25)14-6-9-17(10-7-15-22(3,4)26)18-12-13-19-20(24)11-8-16-23(18,19)5/h17-20,24-26H,6-16H2,1-5H3/t18-,19+,20+,23-/m1/s1. The van der Waals surface area contributed by atoms with Gasteiger partial charge in [0, 0.05) is 0 Å². The second-order valence-corrected chi connectivity index (χ2v) is 10.9. The summed E-state index contributed by atoms with van der Waals surface area (Å²) in [4.78, 5) is 0. The molecule has 0 saturated heterocycles. The van der Waals surface area contributed by atoms with Gasteiger partial charge < -0.3 is 15.3 Å². The summed E-state index contributed by atoms with van der Waals surface area (Å²) >= 11 is 0. The van der Waals surface area contributed by atoms with Crippen LogP contribution in [0.5, 0.6) is 0 Å². The number of aliphatic hydroxyl groups excluding tert-OH is 1. The minimum Gasteiger partial charge on any atom is -0.393 e. The first-order valence-corrected chi connectivity index (χ1v) is 11.1. The average molecular weight is 369 g/mol. The van der Waals surface area contributed by atoms with Gasteiger partial charge in [0.2, 0.25) is 0 Å². The van der Waals surface area contributed by atoms with E-state index in [4.69, 9.17) is 0 Å². The molecule has 0 bridgehead atoms. The molecule has 0 aromatic heterocycles. The fourth-order valence-electron chi connectivity index (χ4n) is 6.10. The third-order valence-corrected chi connectivity index (χ3v) is 7.46. The van der Waals surface area contributed by atoms with E-state index in [0.717, 1.165) is 38.5 Å². The molecule has 0 unspecified atom stereocenters. The Morgan fingerprint density at radius 1 is 0.923 bits per heavy atom. The van der Waals surface area contributed by atoms with Crippen LogP contribution in [0, 0.1) is 23.2 Å². The summed E-state index contributed by atoms with van der Waals surface area (Å²) in [7, 11) is 0. The zero-order valence-corrected chi connectivity index (χ0v) is 17.9. The summed E-state index contributed by atoms with van der Waals surface area (Å²) in [5.74, 6) is 1.82. The molecule has 2 aliphatic rings. The van der Waals surface area contributed by atoms with Gasteiger partial charge in [-0.25, -0.2) is 0 Å². The van der Waals surface area contributed by atoms with Crippen LogP contribution < -0.4 is 0 Å². The summed E-state index contributed by atoms with van der Waals surface area (Å²) in [5, 5.41) is 30.7. The molecule has 3 N–H and O–H groups in total. The highest BCUT2D eigenvalue weighted by Crippen LogP contribution is 2.59. The summed E-state index contributed by atoms with van der Waals surface area (Å²) in [6.07, 6.45) is 11.9. The quantitative estimate of drug-likeness (QED) is 0.533. The van der Waals surface area contributed by atoms with E-state index in [1.54, 1.807) is 0 Å². The third-order valence-electron chi connectivity index (χ3n) is 7.46. The molecular weight excluding hydrogens is 324 g/mol. The van der Waals surface area contributed by atoms with Crippen LogP contribution in [-0.4, -0.2) is 32.6 Å². The molecule has 2 fully saturated rings. The van der Waals surface area contributed by atoms with Crippen molar-refractivity contribution < 1.29 is 15.3 Å². The van der Waals surface area contributed by atoms with Crippen LogP contribution in [0.3, 0.4) is 0 Å². The van der Waals surface area contributed by atoms with Crippen LogP contribution in [0.4, 0.5) is 0 Å². The molecule has 2 rings (SSSR count). The van der Waals surface area contributed by atoms with E-state index >= 15 is 0 Å². The highest BCUT2D eigenvalue weighted by atomic mass is 16.3. The molecule has 3 heteroatoms. The lowest BCUT2D eigenvalue weighted by Crippen LogP contribution is -2.42. The van der Waals surface area contributed by atoms with E-state index in [9.17, 15) is 15.3 Å². The van der Waals surface area contributed by atoms with Crippen molar-refractivity contribution in [1.82, 2.24) is 0 Å². The largest absolute Gasteiger partial charge is 0.393 e. The SMILES string of the molecule is CC(C)(O)CCCC(CCCC(C)(C)O)[C@H]1CC[C@H]2[C@@H](O)CCC[C@]12C. The minimum atomic E-state index is -0.583. The van der Waals surface area contributed by atoms with Gasteiger partial charge in [0.15, 0.2) is 0 Å². The monoisotopic (exact) mass is 368 g/mol. The smallest absolute Gasteiger partial charge is 0.0591 e. The van der Waals surface area contributed by atoms with Crippen LogP contribution >= 0.6 is 0 Å². The Morgan fingerprint density at radius 3 is 1.96 bits per heavy atom. The summed E-state index contributed by atoms with van der Waals surface area (Å²) in [5.41, 5.74) is -0.882. The predicted octanol–water partition coefficient (Wildman–Crippen LogP) is 5.06. The van der Waals surface area contributed by atoms with Crippen LogP contribution in [0.2, 0.25) is 0 Å². The molecule has 154 valence electrons. The van der Waals surface area contributed by atoms with E-state index in [1.165, 1.54) is 32.1 Å². The maximum absolute atomic E-state index is 10.5. The Balaban J connectivity index is 2.04. The van der Waals surface area contributed by atoms with Crippen molar-refractivity contribution >= 4 is 0 Å². The average Bonchev–Trinajstić information content (AvgIpc) is 2.81. The van der Waals surface area contributed by atoms with Gasteiger partial charge in [-0.15, -0.1) is 0 Å². The van der Waals surface area contributed by atoms with Crippen molar-refractivity contribution in [2.45, 2.75) is 123 Å². The molecule has 0 amide bonds. The van der Waals surface area contributed by atoms with Crippen LogP contribution in [0.15, 0.2) is 0 Å². The van der Waals surface area contributed by atoms with Gasteiger partial charge in [-0.1, -0.05) is 39.0 Å². The fraction of sp³-hybridized carbons (Fsp3) is 1.00. The summed E-state index contributed by atoms with van der Waals surface area (Å²) < 4.78 is 0. The maximum Gasteiger partial charge on any atom is 0.0591 e. The molecule has 26 heavy (non-hydrogen) atoms. The first-order chi connectivity index (χ1) is 11.9. The lowest BCUT2D eigenvalue weighted by atomic mass is 9.60. The maximum atomic E-state index is 10.5. The number of hydrogen-bond acceptors (Lipinski definition) is 3. The molecule has 0 aromatic rings. The molecule has 2 aliphatic carbocycles. The second-order valence-electron chi connectivity index (χ2n) is 10.9. The van der Waals surface area contributed by atoms with Crippen LogP contribution in [0.1, 0.15) is 105 Å². The molecule has 0 radical (unpaired) electrons.